The van der Waals surface area contributed by atoms with E-state index in [2.05, 4.69) is 33.0 Å². The van der Waals surface area contributed by atoms with Crippen LogP contribution in [0.3, 0.4) is 0 Å². The Morgan fingerprint density at radius 3 is 2.17 bits per heavy atom. The second-order valence-corrected chi connectivity index (χ2v) is 7.89. The van der Waals surface area contributed by atoms with Crippen LogP contribution >= 0.6 is 15.9 Å². The van der Waals surface area contributed by atoms with Gasteiger partial charge in [0.1, 0.15) is 16.1 Å². The summed E-state index contributed by atoms with van der Waals surface area (Å²) in [5.41, 5.74) is 2.68. The number of hydrogen-bond acceptors (Lipinski definition) is 4. The summed E-state index contributed by atoms with van der Waals surface area (Å²) in [6.07, 6.45) is 0. The number of benzene rings is 2. The van der Waals surface area contributed by atoms with E-state index in [1.807, 2.05) is 65.0 Å². The van der Waals surface area contributed by atoms with Gasteiger partial charge in [-0.05, 0) is 28.1 Å². The number of aromatic nitrogens is 2. The van der Waals surface area contributed by atoms with Crippen molar-refractivity contribution in [2.75, 3.05) is 31.1 Å². The van der Waals surface area contributed by atoms with E-state index in [-0.39, 0.29) is 0 Å². The number of nitrogens with zero attached hydrogens (tertiary/aromatic N) is 4. The third kappa shape index (κ3) is 3.93. The lowest BCUT2D eigenvalue weighted by atomic mass is 10.1. The number of carbonyl (C=O) groups is 1. The molecule has 0 radical (unpaired) electrons. The van der Waals surface area contributed by atoms with Crippen LogP contribution in [0.2, 0.25) is 0 Å². The quantitative estimate of drug-likeness (QED) is 0.635. The van der Waals surface area contributed by atoms with Gasteiger partial charge in [0, 0.05) is 44.5 Å². The van der Waals surface area contributed by atoms with E-state index in [4.69, 9.17) is 4.98 Å². The van der Waals surface area contributed by atoms with Crippen LogP contribution in [0.5, 0.6) is 0 Å². The molecule has 1 aliphatic rings. The van der Waals surface area contributed by atoms with Crippen LogP contribution in [0.15, 0.2) is 65.3 Å². The van der Waals surface area contributed by atoms with Crippen LogP contribution in [0.4, 0.5) is 5.69 Å². The number of carboxylic acids is 1. The molecule has 150 valence electrons. The largest absolute Gasteiger partial charge is 0.480 e. The van der Waals surface area contributed by atoms with Crippen molar-refractivity contribution in [1.82, 2.24) is 14.5 Å². The smallest absolute Gasteiger partial charge is 0.327 e. The zero-order chi connectivity index (χ0) is 20.4. The Kier molecular flexibility index (Phi) is 5.69. The van der Waals surface area contributed by atoms with Crippen LogP contribution in [0.25, 0.3) is 11.4 Å². The van der Waals surface area contributed by atoms with Crippen LogP contribution in [0, 0.1) is 0 Å². The number of para-hydroxylation sites is 1. The molecule has 1 aliphatic heterocycles. The predicted octanol–water partition coefficient (Wildman–Crippen LogP) is 3.80. The normalized spacial score (nSPS) is 16.0. The van der Waals surface area contributed by atoms with E-state index in [1.54, 1.807) is 0 Å². The van der Waals surface area contributed by atoms with Gasteiger partial charge in [-0.3, -0.25) is 9.69 Å². The molecular formula is C22H23BrN4O2. The Hall–Kier alpha value is -2.64. The van der Waals surface area contributed by atoms with Crippen molar-refractivity contribution in [3.63, 3.8) is 0 Å². The fourth-order valence-corrected chi connectivity index (χ4v) is 4.32. The molecule has 3 aromatic rings. The molecule has 6 nitrogen and oxygen atoms in total. The van der Waals surface area contributed by atoms with E-state index >= 15 is 0 Å². The van der Waals surface area contributed by atoms with Gasteiger partial charge >= 0.3 is 5.97 Å². The topological polar surface area (TPSA) is 61.6 Å². The maximum atomic E-state index is 12.2. The number of anilines is 1. The van der Waals surface area contributed by atoms with Crippen molar-refractivity contribution in [3.8, 4) is 11.4 Å². The first kappa shape index (κ1) is 19.7. The highest BCUT2D eigenvalue weighted by Crippen LogP contribution is 2.33. The average molecular weight is 455 g/mol. The summed E-state index contributed by atoms with van der Waals surface area (Å²) in [7, 11) is 1.90. The molecule has 1 N–H and O–H groups in total. The molecule has 0 spiro atoms. The number of carboxylic acid groups (broad SMARTS) is 1. The SMILES string of the molecule is Cn1c(-c2ccccc2)nc(C(C(=O)O)N2CCN(c3ccccc3)CC2)c1Br. The lowest BCUT2D eigenvalue weighted by Crippen LogP contribution is -2.49. The van der Waals surface area contributed by atoms with Gasteiger partial charge in [-0.15, -0.1) is 0 Å². The number of hydrogen-bond donors (Lipinski definition) is 1. The molecule has 1 saturated heterocycles. The van der Waals surface area contributed by atoms with Gasteiger partial charge in [0.05, 0.1) is 0 Å². The van der Waals surface area contributed by atoms with Gasteiger partial charge in [-0.25, -0.2) is 4.98 Å². The second-order valence-electron chi connectivity index (χ2n) is 7.14. The maximum absolute atomic E-state index is 12.2. The zero-order valence-electron chi connectivity index (χ0n) is 16.2. The van der Waals surface area contributed by atoms with Gasteiger partial charge in [0.2, 0.25) is 0 Å². The number of rotatable bonds is 5. The lowest BCUT2D eigenvalue weighted by Gasteiger charge is -2.38. The Bertz CT molecular complexity index is 983. The van der Waals surface area contributed by atoms with E-state index < -0.39 is 12.0 Å². The first-order valence-corrected chi connectivity index (χ1v) is 10.4. The third-order valence-electron chi connectivity index (χ3n) is 5.38. The van der Waals surface area contributed by atoms with Crippen molar-refractivity contribution in [2.24, 2.45) is 7.05 Å². The highest BCUT2D eigenvalue weighted by atomic mass is 79.9. The average Bonchev–Trinajstić information content (AvgIpc) is 3.04. The standard InChI is InChI=1S/C22H23BrN4O2/c1-25-20(23)18(24-21(25)16-8-4-2-5-9-16)19(22(28)29)27-14-12-26(13-15-27)17-10-6-3-7-11-17/h2-11,19H,12-15H2,1H3,(H,28,29). The van der Waals surface area contributed by atoms with Gasteiger partial charge in [-0.2, -0.15) is 0 Å². The van der Waals surface area contributed by atoms with Gasteiger partial charge in [0.15, 0.2) is 6.04 Å². The minimum Gasteiger partial charge on any atom is -0.480 e. The summed E-state index contributed by atoms with van der Waals surface area (Å²) in [5.74, 6) is -0.127. The molecule has 0 aliphatic carbocycles. The van der Waals surface area contributed by atoms with E-state index in [0.717, 1.165) is 24.5 Å². The zero-order valence-corrected chi connectivity index (χ0v) is 17.8. The van der Waals surface area contributed by atoms with Gasteiger partial charge in [-0.1, -0.05) is 48.5 Å². The maximum Gasteiger partial charge on any atom is 0.327 e. The summed E-state index contributed by atoms with van der Waals surface area (Å²) in [4.78, 5) is 21.3. The van der Waals surface area contributed by atoms with Crippen molar-refractivity contribution >= 4 is 27.6 Å². The summed E-state index contributed by atoms with van der Waals surface area (Å²) in [6.45, 7) is 2.89. The highest BCUT2D eigenvalue weighted by molar-refractivity contribution is 9.10. The minimum atomic E-state index is -0.878. The lowest BCUT2D eigenvalue weighted by molar-refractivity contribution is -0.144. The minimum absolute atomic E-state index is 0.548. The Balaban J connectivity index is 1.59. The van der Waals surface area contributed by atoms with Gasteiger partial charge in [0.25, 0.3) is 0 Å². The number of halogens is 1. The molecule has 1 fully saturated rings. The second kappa shape index (κ2) is 8.39. The van der Waals surface area contributed by atoms with E-state index in [9.17, 15) is 9.90 Å². The van der Waals surface area contributed by atoms with Crippen LogP contribution in [-0.2, 0) is 11.8 Å². The van der Waals surface area contributed by atoms with Crippen molar-refractivity contribution in [1.29, 1.82) is 0 Å². The molecule has 7 heteroatoms. The molecule has 4 rings (SSSR count). The van der Waals surface area contributed by atoms with Crippen LogP contribution in [-0.4, -0.2) is 51.7 Å². The summed E-state index contributed by atoms with van der Waals surface area (Å²) >= 11 is 3.58. The Labute approximate surface area is 178 Å². The number of aliphatic carboxylic acids is 1. The Morgan fingerprint density at radius 2 is 1.59 bits per heavy atom. The molecule has 0 amide bonds. The molecule has 0 saturated carbocycles. The first-order valence-electron chi connectivity index (χ1n) is 9.60. The fraction of sp³-hybridized carbons (Fsp3) is 0.273. The molecule has 1 atom stereocenters. The fourth-order valence-electron chi connectivity index (χ4n) is 3.84. The van der Waals surface area contributed by atoms with Crippen LogP contribution < -0.4 is 4.90 Å². The van der Waals surface area contributed by atoms with Crippen molar-refractivity contribution < 1.29 is 9.90 Å². The number of imidazole rings is 1. The van der Waals surface area contributed by atoms with E-state index in [1.165, 1.54) is 5.69 Å². The van der Waals surface area contributed by atoms with Crippen molar-refractivity contribution in [3.05, 3.63) is 71.0 Å². The van der Waals surface area contributed by atoms with Gasteiger partial charge < -0.3 is 14.6 Å². The molecule has 1 unspecified atom stereocenters. The van der Waals surface area contributed by atoms with Crippen LogP contribution in [0.1, 0.15) is 11.7 Å². The number of piperazine rings is 1. The summed E-state index contributed by atoms with van der Waals surface area (Å²) < 4.78 is 2.61. The Morgan fingerprint density at radius 1 is 1.00 bits per heavy atom. The first-order chi connectivity index (χ1) is 14.1. The van der Waals surface area contributed by atoms with E-state index in [0.29, 0.717) is 23.4 Å². The predicted molar refractivity (Wildman–Crippen MR) is 117 cm³/mol. The monoisotopic (exact) mass is 454 g/mol. The molecule has 1 aromatic heterocycles. The molecule has 0 bridgehead atoms. The summed E-state index contributed by atoms with van der Waals surface area (Å²) in [5, 5.41) is 10.0. The summed E-state index contributed by atoms with van der Waals surface area (Å²) in [6, 6.07) is 19.3. The molecular weight excluding hydrogens is 432 g/mol. The highest BCUT2D eigenvalue weighted by Gasteiger charge is 2.35. The molecule has 2 aromatic carbocycles. The third-order valence-corrected chi connectivity index (χ3v) is 6.31. The molecule has 29 heavy (non-hydrogen) atoms. The molecule has 2 heterocycles. The van der Waals surface area contributed by atoms with Crippen molar-refractivity contribution in [2.45, 2.75) is 6.04 Å².